The molecule has 0 aliphatic carbocycles. The molecule has 0 aliphatic rings. The molecule has 0 radical (unpaired) electrons. The van der Waals surface area contributed by atoms with E-state index in [1.807, 2.05) is 6.92 Å². The number of nitrogens with one attached hydrogen (secondary N) is 1. The lowest BCUT2D eigenvalue weighted by atomic mass is 10.3. The number of carboxylic acids is 1. The zero-order chi connectivity index (χ0) is 15.2. The highest BCUT2D eigenvalue weighted by atomic mass is 35.5. The van der Waals surface area contributed by atoms with E-state index in [0.717, 1.165) is 0 Å². The number of benzene rings is 1. The molecule has 0 bridgehead atoms. The van der Waals surface area contributed by atoms with Gasteiger partial charge in [0.05, 0.1) is 23.1 Å². The van der Waals surface area contributed by atoms with Gasteiger partial charge in [-0.1, -0.05) is 11.6 Å². The first kappa shape index (κ1) is 16.6. The standard InChI is InChI=1S/C12H16ClNO5S/c1-2-19-11-6-5-9(8-10(11)13)14-20(17,18)7-3-4-12(15)16/h5-6,8,14H,2-4,7H2,1H3,(H,15,16). The summed E-state index contributed by atoms with van der Waals surface area (Å²) in [5, 5.41) is 8.77. The van der Waals surface area contributed by atoms with Crippen molar-refractivity contribution in [3.05, 3.63) is 23.2 Å². The minimum absolute atomic E-state index is 0.0510. The molecule has 0 aromatic heterocycles. The number of halogens is 1. The van der Waals surface area contributed by atoms with Crippen LogP contribution >= 0.6 is 11.6 Å². The molecule has 0 unspecified atom stereocenters. The lowest BCUT2D eigenvalue weighted by molar-refractivity contribution is -0.137. The molecular formula is C12H16ClNO5S. The Kier molecular flexibility index (Phi) is 6.09. The van der Waals surface area contributed by atoms with E-state index < -0.39 is 16.0 Å². The van der Waals surface area contributed by atoms with Gasteiger partial charge >= 0.3 is 5.97 Å². The molecule has 0 atom stereocenters. The fourth-order valence-electron chi connectivity index (χ4n) is 1.48. The predicted octanol–water partition coefficient (Wildman–Crippen LogP) is 2.35. The maximum absolute atomic E-state index is 11.7. The molecule has 1 aromatic carbocycles. The van der Waals surface area contributed by atoms with E-state index in [4.69, 9.17) is 21.4 Å². The lowest BCUT2D eigenvalue weighted by Gasteiger charge is -2.10. The second kappa shape index (κ2) is 7.35. The molecule has 2 N–H and O–H groups in total. The van der Waals surface area contributed by atoms with Gasteiger partial charge in [-0.3, -0.25) is 9.52 Å². The number of carboxylic acid groups (broad SMARTS) is 1. The minimum Gasteiger partial charge on any atom is -0.492 e. The first-order valence-corrected chi connectivity index (χ1v) is 8.01. The third-order valence-corrected chi connectivity index (χ3v) is 3.98. The highest BCUT2D eigenvalue weighted by Gasteiger charge is 2.12. The number of rotatable bonds is 8. The minimum atomic E-state index is -3.58. The Labute approximate surface area is 122 Å². The van der Waals surface area contributed by atoms with Crippen molar-refractivity contribution < 1.29 is 23.1 Å². The van der Waals surface area contributed by atoms with Crippen LogP contribution in [0.3, 0.4) is 0 Å². The van der Waals surface area contributed by atoms with Gasteiger partial charge in [-0.2, -0.15) is 0 Å². The number of sulfonamides is 1. The maximum Gasteiger partial charge on any atom is 0.303 e. The summed E-state index contributed by atoms with van der Waals surface area (Å²) in [7, 11) is -3.58. The largest absolute Gasteiger partial charge is 0.492 e. The summed E-state index contributed by atoms with van der Waals surface area (Å²) in [6.45, 7) is 2.27. The van der Waals surface area contributed by atoms with Crippen LogP contribution in [0.4, 0.5) is 5.69 Å². The van der Waals surface area contributed by atoms with E-state index in [2.05, 4.69) is 4.72 Å². The van der Waals surface area contributed by atoms with Crippen LogP contribution in [0.2, 0.25) is 5.02 Å². The quantitative estimate of drug-likeness (QED) is 0.766. The number of hydrogen-bond donors (Lipinski definition) is 2. The van der Waals surface area contributed by atoms with Crippen LogP contribution in [0.25, 0.3) is 0 Å². The van der Waals surface area contributed by atoms with Gasteiger partial charge in [0.1, 0.15) is 5.75 Å². The van der Waals surface area contributed by atoms with Crippen molar-refractivity contribution >= 4 is 33.3 Å². The average Bonchev–Trinajstić information content (AvgIpc) is 2.31. The predicted molar refractivity (Wildman–Crippen MR) is 76.9 cm³/mol. The summed E-state index contributed by atoms with van der Waals surface area (Å²) >= 11 is 5.95. The number of aliphatic carboxylic acids is 1. The van der Waals surface area contributed by atoms with Crippen LogP contribution in [-0.4, -0.2) is 31.9 Å². The summed E-state index contributed by atoms with van der Waals surface area (Å²) in [4.78, 5) is 10.3. The average molecular weight is 322 g/mol. The Morgan fingerprint density at radius 1 is 1.45 bits per heavy atom. The lowest BCUT2D eigenvalue weighted by Crippen LogP contribution is -2.17. The molecule has 0 heterocycles. The van der Waals surface area contributed by atoms with Gasteiger partial charge in [-0.05, 0) is 31.5 Å². The van der Waals surface area contributed by atoms with E-state index >= 15 is 0 Å². The molecule has 112 valence electrons. The van der Waals surface area contributed by atoms with Crippen LogP contribution in [0.5, 0.6) is 5.75 Å². The summed E-state index contributed by atoms with van der Waals surface area (Å²) < 4.78 is 31.0. The van der Waals surface area contributed by atoms with Crippen LogP contribution in [0.1, 0.15) is 19.8 Å². The first-order valence-electron chi connectivity index (χ1n) is 5.98. The molecule has 0 aliphatic heterocycles. The molecule has 0 amide bonds. The summed E-state index contributed by atoms with van der Waals surface area (Å²) in [5.41, 5.74) is 0.314. The highest BCUT2D eigenvalue weighted by molar-refractivity contribution is 7.92. The van der Waals surface area contributed by atoms with Crippen LogP contribution < -0.4 is 9.46 Å². The van der Waals surface area contributed by atoms with Crippen LogP contribution in [0.15, 0.2) is 18.2 Å². The second-order valence-corrected chi connectivity index (χ2v) is 6.25. The monoisotopic (exact) mass is 321 g/mol. The zero-order valence-corrected chi connectivity index (χ0v) is 12.5. The van der Waals surface area contributed by atoms with Gasteiger partial charge in [0.25, 0.3) is 0 Å². The number of anilines is 1. The van der Waals surface area contributed by atoms with Gasteiger partial charge < -0.3 is 9.84 Å². The van der Waals surface area contributed by atoms with Gasteiger partial charge in [0.2, 0.25) is 10.0 Å². The van der Waals surface area contributed by atoms with E-state index in [0.29, 0.717) is 23.1 Å². The Morgan fingerprint density at radius 3 is 2.70 bits per heavy atom. The van der Waals surface area contributed by atoms with E-state index in [1.165, 1.54) is 12.1 Å². The van der Waals surface area contributed by atoms with Crippen LogP contribution in [-0.2, 0) is 14.8 Å². The van der Waals surface area contributed by atoms with Crippen molar-refractivity contribution in [1.82, 2.24) is 0 Å². The Morgan fingerprint density at radius 2 is 2.15 bits per heavy atom. The SMILES string of the molecule is CCOc1ccc(NS(=O)(=O)CCCC(=O)O)cc1Cl. The van der Waals surface area contributed by atoms with E-state index in [-0.39, 0.29) is 18.6 Å². The van der Waals surface area contributed by atoms with Gasteiger partial charge in [0.15, 0.2) is 0 Å². The molecule has 1 rings (SSSR count). The van der Waals surface area contributed by atoms with E-state index in [9.17, 15) is 13.2 Å². The molecule has 20 heavy (non-hydrogen) atoms. The topological polar surface area (TPSA) is 92.7 Å². The number of carbonyl (C=O) groups is 1. The fraction of sp³-hybridized carbons (Fsp3) is 0.417. The Bertz CT molecular complexity index is 573. The zero-order valence-electron chi connectivity index (χ0n) is 10.9. The molecule has 8 heteroatoms. The smallest absolute Gasteiger partial charge is 0.303 e. The van der Waals surface area contributed by atoms with E-state index in [1.54, 1.807) is 6.07 Å². The normalized spacial score (nSPS) is 11.1. The molecule has 0 spiro atoms. The molecule has 1 aromatic rings. The second-order valence-electron chi connectivity index (χ2n) is 4.00. The highest BCUT2D eigenvalue weighted by Crippen LogP contribution is 2.28. The molecular weight excluding hydrogens is 306 g/mol. The molecule has 0 saturated carbocycles. The van der Waals surface area contributed by atoms with Gasteiger partial charge in [-0.25, -0.2) is 8.42 Å². The summed E-state index contributed by atoms with van der Waals surface area (Å²) in [5.74, 6) is -0.809. The van der Waals surface area contributed by atoms with Crippen molar-refractivity contribution in [2.45, 2.75) is 19.8 Å². The first-order chi connectivity index (χ1) is 9.34. The van der Waals surface area contributed by atoms with Gasteiger partial charge in [-0.15, -0.1) is 0 Å². The van der Waals surface area contributed by atoms with Crippen molar-refractivity contribution in [1.29, 1.82) is 0 Å². The third-order valence-electron chi connectivity index (χ3n) is 2.31. The summed E-state index contributed by atoms with van der Waals surface area (Å²) in [6, 6.07) is 4.55. The van der Waals surface area contributed by atoms with Crippen molar-refractivity contribution in [2.75, 3.05) is 17.1 Å². The maximum atomic E-state index is 11.7. The summed E-state index contributed by atoms with van der Waals surface area (Å²) in [6.07, 6.45) is -0.139. The van der Waals surface area contributed by atoms with Crippen molar-refractivity contribution in [3.63, 3.8) is 0 Å². The third kappa shape index (κ3) is 5.66. The Balaban J connectivity index is 2.67. The van der Waals surface area contributed by atoms with Crippen LogP contribution in [0, 0.1) is 0 Å². The van der Waals surface area contributed by atoms with Crippen molar-refractivity contribution in [2.24, 2.45) is 0 Å². The Hall–Kier alpha value is -1.47. The number of ether oxygens (including phenoxy) is 1. The van der Waals surface area contributed by atoms with Crippen molar-refractivity contribution in [3.8, 4) is 5.75 Å². The molecule has 6 nitrogen and oxygen atoms in total. The fourth-order valence-corrected chi connectivity index (χ4v) is 2.83. The van der Waals surface area contributed by atoms with Gasteiger partial charge in [0, 0.05) is 6.42 Å². The molecule has 0 saturated heterocycles. The number of hydrogen-bond acceptors (Lipinski definition) is 4. The molecule has 0 fully saturated rings.